The molecule has 1 aromatic heterocycles. The SMILES string of the molecule is CCNC(Cc1ccc2ccccc2c1)Cc1nccs1. The van der Waals surface area contributed by atoms with E-state index in [4.69, 9.17) is 0 Å². The molecule has 2 nitrogen and oxygen atoms in total. The van der Waals surface area contributed by atoms with E-state index in [-0.39, 0.29) is 0 Å². The molecule has 0 fully saturated rings. The molecule has 0 aliphatic heterocycles. The molecular formula is C18H20N2S. The number of hydrogen-bond donors (Lipinski definition) is 1. The zero-order valence-corrected chi connectivity index (χ0v) is 13.1. The summed E-state index contributed by atoms with van der Waals surface area (Å²) in [4.78, 5) is 4.41. The standard InChI is InChI=1S/C18H20N2S/c1-2-19-17(13-18-20-9-10-21-18)12-14-7-8-15-5-3-4-6-16(15)11-14/h3-11,17,19H,2,12-13H2,1H3. The lowest BCUT2D eigenvalue weighted by Crippen LogP contribution is -2.33. The van der Waals surface area contributed by atoms with Gasteiger partial charge in [0.1, 0.15) is 0 Å². The van der Waals surface area contributed by atoms with Gasteiger partial charge < -0.3 is 5.32 Å². The van der Waals surface area contributed by atoms with Crippen LogP contribution in [0, 0.1) is 0 Å². The topological polar surface area (TPSA) is 24.9 Å². The Morgan fingerprint density at radius 1 is 1.10 bits per heavy atom. The van der Waals surface area contributed by atoms with Crippen LogP contribution in [-0.2, 0) is 12.8 Å². The molecule has 21 heavy (non-hydrogen) atoms. The van der Waals surface area contributed by atoms with E-state index in [0.717, 1.165) is 19.4 Å². The number of aromatic nitrogens is 1. The highest BCUT2D eigenvalue weighted by Crippen LogP contribution is 2.18. The minimum atomic E-state index is 0.447. The Balaban J connectivity index is 1.76. The molecule has 3 heteroatoms. The Kier molecular flexibility index (Phi) is 4.63. The van der Waals surface area contributed by atoms with Crippen molar-refractivity contribution in [1.82, 2.24) is 10.3 Å². The van der Waals surface area contributed by atoms with Gasteiger partial charge in [0.25, 0.3) is 0 Å². The molecule has 108 valence electrons. The van der Waals surface area contributed by atoms with E-state index in [1.807, 2.05) is 11.6 Å². The first-order valence-corrected chi connectivity index (χ1v) is 8.32. The third-order valence-corrected chi connectivity index (χ3v) is 4.50. The fraction of sp³-hybridized carbons (Fsp3) is 0.278. The molecule has 0 amide bonds. The van der Waals surface area contributed by atoms with Crippen LogP contribution in [0.5, 0.6) is 0 Å². The van der Waals surface area contributed by atoms with E-state index >= 15 is 0 Å². The summed E-state index contributed by atoms with van der Waals surface area (Å²) in [7, 11) is 0. The van der Waals surface area contributed by atoms with Crippen LogP contribution in [0.25, 0.3) is 10.8 Å². The van der Waals surface area contributed by atoms with Gasteiger partial charge >= 0.3 is 0 Å². The number of thiazole rings is 1. The monoisotopic (exact) mass is 296 g/mol. The van der Waals surface area contributed by atoms with Crippen molar-refractivity contribution in [2.24, 2.45) is 0 Å². The lowest BCUT2D eigenvalue weighted by molar-refractivity contribution is 0.520. The number of fused-ring (bicyclic) bond motifs is 1. The number of nitrogens with zero attached hydrogens (tertiary/aromatic N) is 1. The fourth-order valence-corrected chi connectivity index (χ4v) is 3.42. The maximum Gasteiger partial charge on any atom is 0.0940 e. The maximum absolute atomic E-state index is 4.41. The highest BCUT2D eigenvalue weighted by molar-refractivity contribution is 7.09. The minimum absolute atomic E-state index is 0.447. The molecule has 1 atom stereocenters. The van der Waals surface area contributed by atoms with Gasteiger partial charge in [-0.2, -0.15) is 0 Å². The lowest BCUT2D eigenvalue weighted by Gasteiger charge is -2.17. The predicted octanol–water partition coefficient (Wildman–Crippen LogP) is 4.06. The summed E-state index contributed by atoms with van der Waals surface area (Å²) in [6.45, 7) is 3.15. The van der Waals surface area contributed by atoms with Crippen molar-refractivity contribution < 1.29 is 0 Å². The lowest BCUT2D eigenvalue weighted by atomic mass is 10.00. The predicted molar refractivity (Wildman–Crippen MR) is 90.9 cm³/mol. The van der Waals surface area contributed by atoms with Crippen molar-refractivity contribution in [2.45, 2.75) is 25.8 Å². The summed E-state index contributed by atoms with van der Waals surface area (Å²) < 4.78 is 0. The van der Waals surface area contributed by atoms with Gasteiger partial charge in [0.15, 0.2) is 0 Å². The van der Waals surface area contributed by atoms with Gasteiger partial charge in [0, 0.05) is 24.0 Å². The van der Waals surface area contributed by atoms with Gasteiger partial charge in [0.05, 0.1) is 5.01 Å². The Morgan fingerprint density at radius 3 is 2.71 bits per heavy atom. The normalized spacial score (nSPS) is 12.6. The zero-order chi connectivity index (χ0) is 14.5. The van der Waals surface area contributed by atoms with Crippen molar-refractivity contribution in [1.29, 1.82) is 0 Å². The van der Waals surface area contributed by atoms with Crippen molar-refractivity contribution >= 4 is 22.1 Å². The number of rotatable bonds is 6. The third kappa shape index (κ3) is 3.69. The average molecular weight is 296 g/mol. The van der Waals surface area contributed by atoms with E-state index < -0.39 is 0 Å². The Bertz CT molecular complexity index is 691. The van der Waals surface area contributed by atoms with E-state index in [9.17, 15) is 0 Å². The third-order valence-electron chi connectivity index (χ3n) is 3.69. The highest BCUT2D eigenvalue weighted by Gasteiger charge is 2.11. The second kappa shape index (κ2) is 6.83. The molecule has 0 saturated heterocycles. The van der Waals surface area contributed by atoms with Gasteiger partial charge in [-0.3, -0.25) is 0 Å². The summed E-state index contributed by atoms with van der Waals surface area (Å²) in [6.07, 6.45) is 3.93. The van der Waals surface area contributed by atoms with Crippen LogP contribution in [0.4, 0.5) is 0 Å². The highest BCUT2D eigenvalue weighted by atomic mass is 32.1. The molecule has 0 spiro atoms. The second-order valence-electron chi connectivity index (χ2n) is 5.27. The number of likely N-dealkylation sites (N-methyl/N-ethyl adjacent to an activating group) is 1. The van der Waals surface area contributed by atoms with Gasteiger partial charge in [-0.15, -0.1) is 11.3 Å². The Morgan fingerprint density at radius 2 is 1.95 bits per heavy atom. The molecule has 1 N–H and O–H groups in total. The van der Waals surface area contributed by atoms with E-state index in [0.29, 0.717) is 6.04 Å². The van der Waals surface area contributed by atoms with Crippen molar-refractivity contribution in [3.05, 3.63) is 64.6 Å². The molecule has 0 bridgehead atoms. The summed E-state index contributed by atoms with van der Waals surface area (Å²) in [5.74, 6) is 0. The van der Waals surface area contributed by atoms with Crippen molar-refractivity contribution in [3.63, 3.8) is 0 Å². The first kappa shape index (κ1) is 14.2. The van der Waals surface area contributed by atoms with Crippen LogP contribution >= 0.6 is 11.3 Å². The minimum Gasteiger partial charge on any atom is -0.314 e. The summed E-state index contributed by atoms with van der Waals surface area (Å²) in [5.41, 5.74) is 1.39. The molecule has 0 aliphatic carbocycles. The molecule has 0 saturated carbocycles. The van der Waals surface area contributed by atoms with Gasteiger partial charge in [-0.05, 0) is 29.3 Å². The largest absolute Gasteiger partial charge is 0.314 e. The first-order valence-electron chi connectivity index (χ1n) is 7.44. The van der Waals surface area contributed by atoms with Gasteiger partial charge in [-0.1, -0.05) is 49.4 Å². The second-order valence-corrected chi connectivity index (χ2v) is 6.25. The van der Waals surface area contributed by atoms with Crippen LogP contribution < -0.4 is 5.32 Å². The molecule has 3 aromatic rings. The van der Waals surface area contributed by atoms with Gasteiger partial charge in [0.2, 0.25) is 0 Å². The van der Waals surface area contributed by atoms with E-state index in [1.54, 1.807) is 11.3 Å². The molecule has 0 radical (unpaired) electrons. The molecule has 1 heterocycles. The van der Waals surface area contributed by atoms with Crippen LogP contribution in [0.1, 0.15) is 17.5 Å². The molecule has 3 rings (SSSR count). The van der Waals surface area contributed by atoms with Crippen LogP contribution in [0.3, 0.4) is 0 Å². The average Bonchev–Trinajstić information content (AvgIpc) is 3.00. The number of hydrogen-bond acceptors (Lipinski definition) is 3. The quantitative estimate of drug-likeness (QED) is 0.742. The first-order chi connectivity index (χ1) is 10.3. The Hall–Kier alpha value is -1.71. The molecule has 2 aromatic carbocycles. The maximum atomic E-state index is 4.41. The summed E-state index contributed by atoms with van der Waals surface area (Å²) in [6, 6.07) is 15.8. The van der Waals surface area contributed by atoms with E-state index in [1.165, 1.54) is 21.3 Å². The summed E-state index contributed by atoms with van der Waals surface area (Å²) >= 11 is 1.74. The summed E-state index contributed by atoms with van der Waals surface area (Å²) in [5, 5.41) is 9.47. The van der Waals surface area contributed by atoms with Crippen LogP contribution in [0.2, 0.25) is 0 Å². The molecule has 0 aliphatic rings. The molecular weight excluding hydrogens is 276 g/mol. The number of nitrogens with one attached hydrogen (secondary N) is 1. The van der Waals surface area contributed by atoms with Crippen molar-refractivity contribution in [2.75, 3.05) is 6.54 Å². The smallest absolute Gasteiger partial charge is 0.0940 e. The van der Waals surface area contributed by atoms with E-state index in [2.05, 4.69) is 59.7 Å². The van der Waals surface area contributed by atoms with Gasteiger partial charge in [-0.25, -0.2) is 4.98 Å². The zero-order valence-electron chi connectivity index (χ0n) is 12.3. The van der Waals surface area contributed by atoms with Crippen LogP contribution in [0.15, 0.2) is 54.0 Å². The number of benzene rings is 2. The molecule has 1 unspecified atom stereocenters. The van der Waals surface area contributed by atoms with Crippen molar-refractivity contribution in [3.8, 4) is 0 Å². The van der Waals surface area contributed by atoms with Crippen LogP contribution in [-0.4, -0.2) is 17.6 Å². The fourth-order valence-electron chi connectivity index (χ4n) is 2.72. The Labute approximate surface area is 129 Å².